The minimum absolute atomic E-state index is 0.444. The third kappa shape index (κ3) is 3.76. The van der Waals surface area contributed by atoms with E-state index >= 15 is 0 Å². The summed E-state index contributed by atoms with van der Waals surface area (Å²) in [6.07, 6.45) is 3.22. The SMILES string of the molecule is Cc1ncc(C(C)NCCC(C)C)s1. The highest BCUT2D eigenvalue weighted by atomic mass is 32.1. The Kier molecular flexibility index (Phi) is 4.55. The van der Waals surface area contributed by atoms with Crippen LogP contribution in [0.1, 0.15) is 43.1 Å². The van der Waals surface area contributed by atoms with Crippen molar-refractivity contribution in [2.75, 3.05) is 6.54 Å². The van der Waals surface area contributed by atoms with Crippen molar-refractivity contribution < 1.29 is 0 Å². The summed E-state index contributed by atoms with van der Waals surface area (Å²) in [7, 11) is 0. The molecule has 0 saturated carbocycles. The number of nitrogens with one attached hydrogen (secondary N) is 1. The van der Waals surface area contributed by atoms with E-state index in [0.717, 1.165) is 17.5 Å². The molecule has 0 spiro atoms. The number of thiazole rings is 1. The van der Waals surface area contributed by atoms with Gasteiger partial charge >= 0.3 is 0 Å². The van der Waals surface area contributed by atoms with Gasteiger partial charge in [-0.25, -0.2) is 4.98 Å². The molecule has 80 valence electrons. The van der Waals surface area contributed by atoms with Crippen LogP contribution in [-0.4, -0.2) is 11.5 Å². The molecule has 1 rings (SSSR count). The van der Waals surface area contributed by atoms with Gasteiger partial charge in [0, 0.05) is 17.1 Å². The van der Waals surface area contributed by atoms with Crippen LogP contribution in [0.2, 0.25) is 0 Å². The minimum atomic E-state index is 0.444. The first-order valence-electron chi connectivity index (χ1n) is 5.25. The van der Waals surface area contributed by atoms with Crippen molar-refractivity contribution in [2.45, 2.75) is 40.2 Å². The van der Waals surface area contributed by atoms with Crippen LogP contribution in [0, 0.1) is 12.8 Å². The fourth-order valence-corrected chi connectivity index (χ4v) is 2.08. The van der Waals surface area contributed by atoms with Gasteiger partial charge in [0.1, 0.15) is 0 Å². The number of aryl methyl sites for hydroxylation is 1. The summed E-state index contributed by atoms with van der Waals surface area (Å²) in [5, 5.41) is 4.66. The average Bonchev–Trinajstić information content (AvgIpc) is 2.51. The summed E-state index contributed by atoms with van der Waals surface area (Å²) in [5.41, 5.74) is 0. The van der Waals surface area contributed by atoms with Crippen molar-refractivity contribution >= 4 is 11.3 Å². The first kappa shape index (κ1) is 11.7. The molecule has 1 aromatic heterocycles. The predicted octanol–water partition coefficient (Wildman–Crippen LogP) is 3.15. The third-order valence-electron chi connectivity index (χ3n) is 2.24. The molecular formula is C11H20N2S. The molecule has 1 heterocycles. The molecule has 1 unspecified atom stereocenters. The summed E-state index contributed by atoms with van der Waals surface area (Å²) in [6.45, 7) is 9.85. The van der Waals surface area contributed by atoms with E-state index in [-0.39, 0.29) is 0 Å². The van der Waals surface area contributed by atoms with Crippen LogP contribution < -0.4 is 5.32 Å². The van der Waals surface area contributed by atoms with Gasteiger partial charge in [-0.1, -0.05) is 13.8 Å². The Balaban J connectivity index is 2.32. The van der Waals surface area contributed by atoms with Crippen molar-refractivity contribution in [3.8, 4) is 0 Å². The number of aromatic nitrogens is 1. The monoisotopic (exact) mass is 212 g/mol. The molecule has 2 nitrogen and oxygen atoms in total. The quantitative estimate of drug-likeness (QED) is 0.811. The second-order valence-corrected chi connectivity index (χ2v) is 5.41. The maximum Gasteiger partial charge on any atom is 0.0897 e. The van der Waals surface area contributed by atoms with Crippen LogP contribution in [-0.2, 0) is 0 Å². The van der Waals surface area contributed by atoms with E-state index in [0.29, 0.717) is 6.04 Å². The van der Waals surface area contributed by atoms with Crippen molar-refractivity contribution in [3.05, 3.63) is 16.1 Å². The lowest BCUT2D eigenvalue weighted by Gasteiger charge is -2.12. The van der Waals surface area contributed by atoms with E-state index in [1.807, 2.05) is 6.20 Å². The zero-order chi connectivity index (χ0) is 10.6. The van der Waals surface area contributed by atoms with E-state index in [2.05, 4.69) is 38.0 Å². The number of hydrogen-bond donors (Lipinski definition) is 1. The summed E-state index contributed by atoms with van der Waals surface area (Å²) < 4.78 is 0. The molecule has 1 atom stereocenters. The number of nitrogens with zero attached hydrogens (tertiary/aromatic N) is 1. The zero-order valence-corrected chi connectivity index (χ0v) is 10.3. The Bertz CT molecular complexity index is 268. The van der Waals surface area contributed by atoms with Crippen LogP contribution >= 0.6 is 11.3 Å². The summed E-state index contributed by atoms with van der Waals surface area (Å²) in [6, 6.07) is 0.444. The lowest BCUT2D eigenvalue weighted by molar-refractivity contribution is 0.500. The average molecular weight is 212 g/mol. The summed E-state index contributed by atoms with van der Waals surface area (Å²) in [4.78, 5) is 5.60. The minimum Gasteiger partial charge on any atom is -0.309 e. The van der Waals surface area contributed by atoms with Gasteiger partial charge in [0.2, 0.25) is 0 Å². The van der Waals surface area contributed by atoms with Gasteiger partial charge < -0.3 is 5.32 Å². The van der Waals surface area contributed by atoms with Crippen LogP contribution in [0.25, 0.3) is 0 Å². The van der Waals surface area contributed by atoms with Crippen molar-refractivity contribution in [2.24, 2.45) is 5.92 Å². The topological polar surface area (TPSA) is 24.9 Å². The molecule has 0 aliphatic carbocycles. The molecule has 3 heteroatoms. The van der Waals surface area contributed by atoms with Gasteiger partial charge in [-0.05, 0) is 32.7 Å². The van der Waals surface area contributed by atoms with Gasteiger partial charge in [0.05, 0.1) is 5.01 Å². The van der Waals surface area contributed by atoms with Crippen LogP contribution in [0.3, 0.4) is 0 Å². The van der Waals surface area contributed by atoms with Gasteiger partial charge in [-0.2, -0.15) is 0 Å². The highest BCUT2D eigenvalue weighted by Crippen LogP contribution is 2.19. The maximum absolute atomic E-state index is 4.26. The van der Waals surface area contributed by atoms with Crippen LogP contribution in [0.4, 0.5) is 0 Å². The zero-order valence-electron chi connectivity index (χ0n) is 9.50. The first-order chi connectivity index (χ1) is 6.59. The van der Waals surface area contributed by atoms with Crippen molar-refractivity contribution in [1.29, 1.82) is 0 Å². The predicted molar refractivity (Wildman–Crippen MR) is 62.7 cm³/mol. The normalized spacial score (nSPS) is 13.5. The molecule has 0 fully saturated rings. The van der Waals surface area contributed by atoms with Crippen LogP contribution in [0.15, 0.2) is 6.20 Å². The molecule has 0 radical (unpaired) electrons. The Labute approximate surface area is 90.8 Å². The van der Waals surface area contributed by atoms with E-state index in [1.165, 1.54) is 11.3 Å². The van der Waals surface area contributed by atoms with E-state index < -0.39 is 0 Å². The summed E-state index contributed by atoms with van der Waals surface area (Å²) >= 11 is 1.78. The largest absolute Gasteiger partial charge is 0.309 e. The Hall–Kier alpha value is -0.410. The van der Waals surface area contributed by atoms with E-state index in [9.17, 15) is 0 Å². The molecule has 0 aliphatic rings. The highest BCUT2D eigenvalue weighted by Gasteiger charge is 2.07. The second kappa shape index (κ2) is 5.47. The molecule has 0 aromatic carbocycles. The Morgan fingerprint density at radius 3 is 2.64 bits per heavy atom. The van der Waals surface area contributed by atoms with Gasteiger partial charge in [-0.3, -0.25) is 0 Å². The van der Waals surface area contributed by atoms with Gasteiger partial charge in [-0.15, -0.1) is 11.3 Å². The standard InChI is InChI=1S/C11H20N2S/c1-8(2)5-6-12-9(3)11-7-13-10(4)14-11/h7-9,12H,5-6H2,1-4H3. The summed E-state index contributed by atoms with van der Waals surface area (Å²) in [5.74, 6) is 0.776. The molecule has 1 aromatic rings. The maximum atomic E-state index is 4.26. The van der Waals surface area contributed by atoms with Gasteiger partial charge in [0.15, 0.2) is 0 Å². The van der Waals surface area contributed by atoms with E-state index in [1.54, 1.807) is 11.3 Å². The lowest BCUT2D eigenvalue weighted by Crippen LogP contribution is -2.20. The molecule has 0 aliphatic heterocycles. The van der Waals surface area contributed by atoms with Crippen molar-refractivity contribution in [1.82, 2.24) is 10.3 Å². The third-order valence-corrected chi connectivity index (χ3v) is 3.33. The second-order valence-electron chi connectivity index (χ2n) is 4.14. The highest BCUT2D eigenvalue weighted by molar-refractivity contribution is 7.11. The Morgan fingerprint density at radius 1 is 1.43 bits per heavy atom. The fourth-order valence-electron chi connectivity index (χ4n) is 1.27. The molecule has 0 amide bonds. The molecular weight excluding hydrogens is 192 g/mol. The number of hydrogen-bond acceptors (Lipinski definition) is 3. The molecule has 0 bridgehead atoms. The molecule has 14 heavy (non-hydrogen) atoms. The molecule has 0 saturated heterocycles. The molecule has 1 N–H and O–H groups in total. The lowest BCUT2D eigenvalue weighted by atomic mass is 10.1. The van der Waals surface area contributed by atoms with Crippen LogP contribution in [0.5, 0.6) is 0 Å². The number of rotatable bonds is 5. The van der Waals surface area contributed by atoms with Gasteiger partial charge in [0.25, 0.3) is 0 Å². The smallest absolute Gasteiger partial charge is 0.0897 e. The van der Waals surface area contributed by atoms with E-state index in [4.69, 9.17) is 0 Å². The Morgan fingerprint density at radius 2 is 2.14 bits per heavy atom. The fraction of sp³-hybridized carbons (Fsp3) is 0.727. The van der Waals surface area contributed by atoms with Crippen molar-refractivity contribution in [3.63, 3.8) is 0 Å². The first-order valence-corrected chi connectivity index (χ1v) is 6.07.